The summed E-state index contributed by atoms with van der Waals surface area (Å²) < 4.78 is 10.1. The minimum absolute atomic E-state index is 0.909. The van der Waals surface area contributed by atoms with Crippen molar-refractivity contribution in [3.8, 4) is 23.0 Å². The van der Waals surface area contributed by atoms with Crippen LogP contribution >= 0.6 is 46.0 Å². The van der Waals surface area contributed by atoms with Crippen LogP contribution in [-0.2, 0) is 0 Å². The van der Waals surface area contributed by atoms with Crippen LogP contribution in [0.5, 0.6) is 23.0 Å². The van der Waals surface area contributed by atoms with Crippen molar-refractivity contribution in [2.24, 2.45) is 0 Å². The number of hydrogen-bond acceptors (Lipinski definition) is 3. The van der Waals surface area contributed by atoms with E-state index in [4.69, 9.17) is 9.47 Å². The Hall–Kier alpha value is -1.83. The van der Waals surface area contributed by atoms with Crippen molar-refractivity contribution in [1.82, 2.24) is 0 Å². The van der Waals surface area contributed by atoms with E-state index in [2.05, 4.69) is 128 Å². The predicted octanol–water partition coefficient (Wildman–Crippen LogP) is 7.21. The van der Waals surface area contributed by atoms with E-state index < -0.39 is 1.89 Å². The molecule has 146 valence electrons. The maximum atomic E-state index is 6.48. The van der Waals surface area contributed by atoms with Gasteiger partial charge in [-0.2, -0.15) is 0 Å². The first-order chi connectivity index (χ1) is 14.6. The van der Waals surface area contributed by atoms with Crippen LogP contribution < -0.4 is 30.3 Å². The third-order valence-electron chi connectivity index (χ3n) is 6.03. The Morgan fingerprint density at radius 3 is 1.53 bits per heavy atom. The molecule has 0 N–H and O–H groups in total. The molecule has 0 saturated heterocycles. The Labute approximate surface area is 199 Å². The van der Waals surface area contributed by atoms with Gasteiger partial charge in [-0.3, -0.25) is 0 Å². The molecule has 0 atom stereocenters. The quantitative estimate of drug-likeness (QED) is 0.144. The second-order valence-corrected chi connectivity index (χ2v) is 27.9. The van der Waals surface area contributed by atoms with Crippen molar-refractivity contribution in [3.63, 3.8) is 0 Å². The Morgan fingerprint density at radius 2 is 1.00 bits per heavy atom. The summed E-state index contributed by atoms with van der Waals surface area (Å²) >= 11 is 5.53. The van der Waals surface area contributed by atoms with Crippen LogP contribution in [0.25, 0.3) is 0 Å². The van der Waals surface area contributed by atoms with Gasteiger partial charge in [0.1, 0.15) is 0 Å². The van der Waals surface area contributed by atoms with Gasteiger partial charge in [0.05, 0.1) is 0 Å². The average Bonchev–Trinajstić information content (AvgIpc) is 2.74. The molecule has 30 heavy (non-hydrogen) atoms. The molecule has 0 aliphatic carbocycles. The van der Waals surface area contributed by atoms with Gasteiger partial charge in [-0.15, -0.1) is 0 Å². The van der Waals surface area contributed by atoms with E-state index in [1.54, 1.807) is 0 Å². The molecule has 0 radical (unpaired) electrons. The monoisotopic (exact) mass is 633 g/mol. The molecule has 3 heterocycles. The van der Waals surface area contributed by atoms with Crippen LogP contribution in [-0.4, -0.2) is 0 Å². The zero-order chi connectivity index (χ0) is 20.1. The van der Waals surface area contributed by atoms with Gasteiger partial charge in [0, 0.05) is 0 Å². The first-order valence-corrected chi connectivity index (χ1v) is 17.4. The number of para-hydroxylation sites is 1. The SMILES string of the molecule is IP12(I)c3c4cccc3Oc3cccc(c31)N(c1ccccc1)c1cccc(c12)O4. The topological polar surface area (TPSA) is 21.7 Å². The summed E-state index contributed by atoms with van der Waals surface area (Å²) in [6.45, 7) is 0. The van der Waals surface area contributed by atoms with Crippen molar-refractivity contribution in [3.05, 3.63) is 84.9 Å². The summed E-state index contributed by atoms with van der Waals surface area (Å²) in [4.78, 5) is 2.35. The van der Waals surface area contributed by atoms with E-state index in [-0.39, 0.29) is 0 Å². The van der Waals surface area contributed by atoms with Crippen LogP contribution in [0.15, 0.2) is 84.9 Å². The van der Waals surface area contributed by atoms with Gasteiger partial charge < -0.3 is 0 Å². The second-order valence-electron chi connectivity index (χ2n) is 7.63. The molecular formula is C24H14I2NO2P. The van der Waals surface area contributed by atoms with Gasteiger partial charge in [-0.25, -0.2) is 0 Å². The van der Waals surface area contributed by atoms with E-state index in [1.807, 2.05) is 6.07 Å². The number of ether oxygens (including phenoxy) is 2. The van der Waals surface area contributed by atoms with Crippen molar-refractivity contribution in [2.45, 2.75) is 0 Å². The minimum atomic E-state index is -2.85. The van der Waals surface area contributed by atoms with Crippen LogP contribution in [0.4, 0.5) is 17.1 Å². The molecule has 7 rings (SSSR count). The predicted molar refractivity (Wildman–Crippen MR) is 142 cm³/mol. The molecule has 3 aliphatic heterocycles. The van der Waals surface area contributed by atoms with Crippen LogP contribution in [0, 0.1) is 0 Å². The third-order valence-corrected chi connectivity index (χ3v) is 18.4. The summed E-state index contributed by atoms with van der Waals surface area (Å²) in [5, 5.41) is 3.78. The molecular weight excluding hydrogens is 619 g/mol. The first kappa shape index (κ1) is 17.8. The second kappa shape index (κ2) is 5.69. The van der Waals surface area contributed by atoms with Crippen molar-refractivity contribution < 1.29 is 9.47 Å². The number of benzene rings is 4. The Morgan fingerprint density at radius 1 is 0.533 bits per heavy atom. The molecule has 0 spiro atoms. The average molecular weight is 633 g/mol. The number of anilines is 3. The maximum absolute atomic E-state index is 6.48. The van der Waals surface area contributed by atoms with E-state index in [9.17, 15) is 0 Å². The molecule has 4 aromatic rings. The van der Waals surface area contributed by atoms with Gasteiger partial charge in [0.25, 0.3) is 0 Å². The molecule has 0 aromatic heterocycles. The summed E-state index contributed by atoms with van der Waals surface area (Å²) in [6, 6.07) is 29.5. The molecule has 4 aromatic carbocycles. The number of rotatable bonds is 1. The molecule has 0 amide bonds. The Balaban J connectivity index is 1.71. The van der Waals surface area contributed by atoms with E-state index in [0.717, 1.165) is 28.7 Å². The fourth-order valence-electron chi connectivity index (χ4n) is 4.95. The molecule has 0 saturated carbocycles. The van der Waals surface area contributed by atoms with Crippen LogP contribution in [0.3, 0.4) is 0 Å². The fraction of sp³-hybridized carbons (Fsp3) is 0. The normalized spacial score (nSPS) is 18.9. The molecule has 0 fully saturated rings. The van der Waals surface area contributed by atoms with Gasteiger partial charge in [0.15, 0.2) is 0 Å². The van der Waals surface area contributed by atoms with Crippen molar-refractivity contribution in [2.75, 3.05) is 4.90 Å². The zero-order valence-electron chi connectivity index (χ0n) is 15.5. The number of halogens is 2. The molecule has 3 nitrogen and oxygen atoms in total. The number of hydrogen-bond donors (Lipinski definition) is 0. The zero-order valence-corrected chi connectivity index (χ0v) is 20.8. The fourth-order valence-corrected chi connectivity index (χ4v) is 17.5. The summed E-state index contributed by atoms with van der Waals surface area (Å²) in [6.07, 6.45) is 0. The molecule has 3 aliphatic rings. The summed E-state index contributed by atoms with van der Waals surface area (Å²) in [5.41, 5.74) is 3.51. The van der Waals surface area contributed by atoms with Gasteiger partial charge in [-0.05, 0) is 0 Å². The third kappa shape index (κ3) is 1.95. The van der Waals surface area contributed by atoms with Gasteiger partial charge in [0.2, 0.25) is 0 Å². The Kier molecular flexibility index (Phi) is 3.38. The van der Waals surface area contributed by atoms with E-state index in [0.29, 0.717) is 0 Å². The summed E-state index contributed by atoms with van der Waals surface area (Å²) in [7, 11) is 0. The Bertz CT molecular complexity index is 1320. The van der Waals surface area contributed by atoms with Crippen LogP contribution in [0.1, 0.15) is 0 Å². The molecule has 0 bridgehead atoms. The van der Waals surface area contributed by atoms with Gasteiger partial charge in [-0.1, -0.05) is 0 Å². The van der Waals surface area contributed by atoms with E-state index in [1.165, 1.54) is 27.3 Å². The van der Waals surface area contributed by atoms with Gasteiger partial charge >= 0.3 is 201 Å². The van der Waals surface area contributed by atoms with Crippen molar-refractivity contribution in [1.29, 1.82) is 0 Å². The first-order valence-electron chi connectivity index (χ1n) is 9.64. The summed E-state index contributed by atoms with van der Waals surface area (Å²) in [5.74, 6) is 3.71. The van der Waals surface area contributed by atoms with Crippen LogP contribution in [0.2, 0.25) is 0 Å². The molecule has 0 unspecified atom stereocenters. The van der Waals surface area contributed by atoms with Crippen molar-refractivity contribution >= 4 is 78.9 Å². The standard InChI is InChI=1S/C24H14I2NO2P/c25-30(26)22-16-9-4-11-18(22)28-20-13-6-14-21(24(20)30)29-19-12-5-10-17(23(19)30)27(16)15-7-2-1-3-8-15/h1-14H. The molecule has 6 heteroatoms. The van der Waals surface area contributed by atoms with E-state index >= 15 is 0 Å². The number of nitrogens with zero attached hydrogens (tertiary/aromatic N) is 1.